The van der Waals surface area contributed by atoms with Crippen LogP contribution >= 0.6 is 11.8 Å². The summed E-state index contributed by atoms with van der Waals surface area (Å²) in [4.78, 5) is 4.60. The van der Waals surface area contributed by atoms with Crippen molar-refractivity contribution >= 4 is 11.8 Å². The first-order valence-electron chi connectivity index (χ1n) is 5.36. The van der Waals surface area contributed by atoms with Gasteiger partial charge in [0.15, 0.2) is 0 Å². The van der Waals surface area contributed by atoms with Crippen LogP contribution in [-0.4, -0.2) is 10.2 Å². The lowest BCUT2D eigenvalue weighted by Crippen LogP contribution is -1.96. The zero-order chi connectivity index (χ0) is 9.97. The third-order valence-electron chi connectivity index (χ3n) is 2.91. The Kier molecular flexibility index (Phi) is 3.12. The Morgan fingerprint density at radius 2 is 1.93 bits per heavy atom. The van der Waals surface area contributed by atoms with Crippen molar-refractivity contribution in [2.75, 3.05) is 0 Å². The Labute approximate surface area is 90.3 Å². The second-order valence-corrected chi connectivity index (χ2v) is 5.40. The molecule has 1 aromatic heterocycles. The van der Waals surface area contributed by atoms with Gasteiger partial charge in [0.05, 0.1) is 5.03 Å². The summed E-state index contributed by atoms with van der Waals surface area (Å²) in [6, 6.07) is 4.34. The van der Waals surface area contributed by atoms with E-state index in [9.17, 15) is 0 Å². The van der Waals surface area contributed by atoms with E-state index in [1.807, 2.05) is 11.8 Å². The van der Waals surface area contributed by atoms with Crippen LogP contribution in [0.15, 0.2) is 17.2 Å². The maximum atomic E-state index is 4.60. The van der Waals surface area contributed by atoms with E-state index in [1.54, 1.807) is 0 Å². The van der Waals surface area contributed by atoms with Gasteiger partial charge in [-0.25, -0.2) is 4.98 Å². The maximum absolute atomic E-state index is 4.60. The highest BCUT2D eigenvalue weighted by molar-refractivity contribution is 7.99. The Hall–Kier alpha value is -0.500. The molecule has 1 aliphatic rings. The van der Waals surface area contributed by atoms with Gasteiger partial charge in [0, 0.05) is 10.9 Å². The van der Waals surface area contributed by atoms with Crippen LogP contribution in [-0.2, 0) is 0 Å². The van der Waals surface area contributed by atoms with Crippen molar-refractivity contribution in [1.29, 1.82) is 0 Å². The summed E-state index contributed by atoms with van der Waals surface area (Å²) in [5.41, 5.74) is 2.47. The maximum Gasteiger partial charge on any atom is 0.0965 e. The highest BCUT2D eigenvalue weighted by atomic mass is 32.2. The van der Waals surface area contributed by atoms with Crippen molar-refractivity contribution in [3.05, 3.63) is 23.4 Å². The first-order valence-corrected chi connectivity index (χ1v) is 6.24. The third kappa shape index (κ3) is 2.30. The number of hydrogen-bond acceptors (Lipinski definition) is 2. The molecule has 0 aliphatic heterocycles. The van der Waals surface area contributed by atoms with Gasteiger partial charge in [0.25, 0.3) is 0 Å². The minimum Gasteiger partial charge on any atom is -0.247 e. The number of thioether (sulfide) groups is 1. The van der Waals surface area contributed by atoms with Crippen molar-refractivity contribution in [2.45, 2.75) is 49.8 Å². The molecule has 0 N–H and O–H groups in total. The van der Waals surface area contributed by atoms with Gasteiger partial charge in [-0.05, 0) is 38.3 Å². The average Bonchev–Trinajstić information content (AvgIpc) is 2.64. The van der Waals surface area contributed by atoms with Crippen LogP contribution < -0.4 is 0 Å². The molecule has 0 unspecified atom stereocenters. The second-order valence-electron chi connectivity index (χ2n) is 4.08. The van der Waals surface area contributed by atoms with Crippen LogP contribution in [0, 0.1) is 13.8 Å². The second kappa shape index (κ2) is 4.35. The van der Waals surface area contributed by atoms with Crippen LogP contribution in [0.25, 0.3) is 0 Å². The first kappa shape index (κ1) is 10.0. The number of aromatic nitrogens is 1. The van der Waals surface area contributed by atoms with E-state index in [1.165, 1.54) is 42.0 Å². The molecular formula is C12H17NS. The summed E-state index contributed by atoms with van der Waals surface area (Å²) in [6.07, 6.45) is 5.56. The summed E-state index contributed by atoms with van der Waals surface area (Å²) in [7, 11) is 0. The van der Waals surface area contributed by atoms with Gasteiger partial charge in [-0.2, -0.15) is 0 Å². The molecule has 1 heterocycles. The van der Waals surface area contributed by atoms with Gasteiger partial charge in [-0.15, -0.1) is 11.8 Å². The van der Waals surface area contributed by atoms with Gasteiger partial charge in [-0.3, -0.25) is 0 Å². The monoisotopic (exact) mass is 207 g/mol. The lowest BCUT2D eigenvalue weighted by Gasteiger charge is -2.08. The molecule has 0 bridgehead atoms. The zero-order valence-corrected chi connectivity index (χ0v) is 9.73. The molecule has 0 atom stereocenters. The summed E-state index contributed by atoms with van der Waals surface area (Å²) >= 11 is 1.96. The third-order valence-corrected chi connectivity index (χ3v) is 4.19. The summed E-state index contributed by atoms with van der Waals surface area (Å²) in [5, 5.41) is 2.03. The highest BCUT2D eigenvalue weighted by Crippen LogP contribution is 2.33. The van der Waals surface area contributed by atoms with E-state index < -0.39 is 0 Å². The van der Waals surface area contributed by atoms with Crippen molar-refractivity contribution in [3.8, 4) is 0 Å². The van der Waals surface area contributed by atoms with E-state index >= 15 is 0 Å². The number of nitrogens with zero attached hydrogens (tertiary/aromatic N) is 1. The summed E-state index contributed by atoms with van der Waals surface area (Å²) in [5.74, 6) is 0. The average molecular weight is 207 g/mol. The fourth-order valence-corrected chi connectivity index (χ4v) is 3.10. The van der Waals surface area contributed by atoms with Crippen molar-refractivity contribution in [3.63, 3.8) is 0 Å². The molecule has 76 valence electrons. The molecule has 2 heteroatoms. The molecule has 1 aliphatic carbocycles. The predicted octanol–water partition coefficient (Wildman–Crippen LogP) is 3.73. The standard InChI is InChI=1S/C12H17NS/c1-9-7-8-12(13-10(9)2)14-11-5-3-4-6-11/h7-8,11H,3-6H2,1-2H3. The predicted molar refractivity (Wildman–Crippen MR) is 61.8 cm³/mol. The van der Waals surface area contributed by atoms with Crippen LogP contribution in [0.5, 0.6) is 0 Å². The van der Waals surface area contributed by atoms with Crippen LogP contribution in [0.1, 0.15) is 36.9 Å². The molecule has 1 nitrogen and oxygen atoms in total. The van der Waals surface area contributed by atoms with Crippen molar-refractivity contribution in [1.82, 2.24) is 4.98 Å². The summed E-state index contributed by atoms with van der Waals surface area (Å²) in [6.45, 7) is 4.21. The minimum absolute atomic E-state index is 0.824. The quantitative estimate of drug-likeness (QED) is 0.733. The van der Waals surface area contributed by atoms with Crippen LogP contribution in [0.3, 0.4) is 0 Å². The lowest BCUT2D eigenvalue weighted by molar-refractivity contribution is 0.886. The number of hydrogen-bond donors (Lipinski definition) is 0. The van der Waals surface area contributed by atoms with Crippen LogP contribution in [0.2, 0.25) is 0 Å². The molecule has 14 heavy (non-hydrogen) atoms. The Bertz CT molecular complexity index is 316. The molecule has 0 spiro atoms. The lowest BCUT2D eigenvalue weighted by atomic mass is 10.2. The first-order chi connectivity index (χ1) is 6.75. The van der Waals surface area contributed by atoms with Gasteiger partial charge in [0.1, 0.15) is 0 Å². The van der Waals surface area contributed by atoms with Crippen molar-refractivity contribution in [2.24, 2.45) is 0 Å². The topological polar surface area (TPSA) is 12.9 Å². The fraction of sp³-hybridized carbons (Fsp3) is 0.583. The van der Waals surface area contributed by atoms with Crippen molar-refractivity contribution < 1.29 is 0 Å². The molecule has 0 saturated heterocycles. The largest absolute Gasteiger partial charge is 0.247 e. The molecule has 1 fully saturated rings. The fourth-order valence-electron chi connectivity index (χ4n) is 1.85. The van der Waals surface area contributed by atoms with E-state index in [4.69, 9.17) is 0 Å². The number of aryl methyl sites for hydroxylation is 2. The molecule has 0 aromatic carbocycles. The van der Waals surface area contributed by atoms with Gasteiger partial charge in [-0.1, -0.05) is 18.9 Å². The van der Waals surface area contributed by atoms with Gasteiger partial charge in [0.2, 0.25) is 0 Å². The van der Waals surface area contributed by atoms with Gasteiger partial charge >= 0.3 is 0 Å². The molecule has 0 radical (unpaired) electrons. The molecule has 0 amide bonds. The van der Waals surface area contributed by atoms with Gasteiger partial charge < -0.3 is 0 Å². The minimum atomic E-state index is 0.824. The highest BCUT2D eigenvalue weighted by Gasteiger charge is 2.16. The Morgan fingerprint density at radius 1 is 1.21 bits per heavy atom. The number of rotatable bonds is 2. The molecule has 2 rings (SSSR count). The SMILES string of the molecule is Cc1ccc(SC2CCCC2)nc1C. The van der Waals surface area contributed by atoms with E-state index in [-0.39, 0.29) is 0 Å². The molecule has 1 saturated carbocycles. The number of pyridine rings is 1. The summed E-state index contributed by atoms with van der Waals surface area (Å²) < 4.78 is 0. The Morgan fingerprint density at radius 3 is 2.57 bits per heavy atom. The Balaban J connectivity index is 2.05. The van der Waals surface area contributed by atoms with E-state index in [2.05, 4.69) is 31.0 Å². The molecular weight excluding hydrogens is 190 g/mol. The van der Waals surface area contributed by atoms with Crippen LogP contribution in [0.4, 0.5) is 0 Å². The smallest absolute Gasteiger partial charge is 0.0965 e. The van der Waals surface area contributed by atoms with E-state index in [0.29, 0.717) is 0 Å². The normalized spacial score (nSPS) is 17.6. The van der Waals surface area contributed by atoms with E-state index in [0.717, 1.165) is 5.25 Å². The molecule has 1 aromatic rings. The zero-order valence-electron chi connectivity index (χ0n) is 8.92.